The van der Waals surface area contributed by atoms with Crippen molar-refractivity contribution in [2.24, 2.45) is 28.6 Å². The summed E-state index contributed by atoms with van der Waals surface area (Å²) in [6.07, 6.45) is 9.89. The largest absolute Gasteiger partial charge is 0.373 e. The number of nitrogens with zero attached hydrogens (tertiary/aromatic N) is 1. The number of hydrogen-bond acceptors (Lipinski definition) is 2. The molecule has 7 atom stereocenters. The van der Waals surface area contributed by atoms with Gasteiger partial charge in [0.15, 0.2) is 0 Å². The van der Waals surface area contributed by atoms with Gasteiger partial charge in [-0.25, -0.2) is 0 Å². The number of fused-ring (bicyclic) bond motifs is 5. The summed E-state index contributed by atoms with van der Waals surface area (Å²) in [6, 6.07) is 11.1. The number of ether oxygens (including phenoxy) is 1. The first-order valence-electron chi connectivity index (χ1n) is 11.8. The molecule has 1 aromatic carbocycles. The van der Waals surface area contributed by atoms with Gasteiger partial charge in [-0.1, -0.05) is 44.2 Å². The highest BCUT2D eigenvalue weighted by Crippen LogP contribution is 2.65. The summed E-state index contributed by atoms with van der Waals surface area (Å²) in [5, 5.41) is 0. The second-order valence-corrected chi connectivity index (χ2v) is 10.9. The predicted octanol–water partition coefficient (Wildman–Crippen LogP) is 5.44. The molecule has 0 radical (unpaired) electrons. The quantitative estimate of drug-likeness (QED) is 0.682. The lowest BCUT2D eigenvalue weighted by atomic mass is 9.47. The molecule has 3 heteroatoms. The molecule has 1 aromatic rings. The van der Waals surface area contributed by atoms with Crippen molar-refractivity contribution in [1.82, 2.24) is 4.90 Å². The van der Waals surface area contributed by atoms with Gasteiger partial charge < -0.3 is 9.64 Å². The number of carbonyl (C=O) groups excluding carboxylic acids is 1. The summed E-state index contributed by atoms with van der Waals surface area (Å²) in [5.74, 6) is 2.76. The van der Waals surface area contributed by atoms with Crippen LogP contribution < -0.4 is 0 Å². The van der Waals surface area contributed by atoms with Crippen LogP contribution in [0.15, 0.2) is 30.3 Å². The van der Waals surface area contributed by atoms with Crippen LogP contribution in [0.25, 0.3) is 0 Å². The van der Waals surface area contributed by atoms with Crippen molar-refractivity contribution in [2.45, 2.75) is 84.0 Å². The Labute approximate surface area is 176 Å². The summed E-state index contributed by atoms with van der Waals surface area (Å²) in [5.41, 5.74) is 1.93. The number of hydrogen-bond donors (Lipinski definition) is 0. The van der Waals surface area contributed by atoms with E-state index in [4.69, 9.17) is 4.74 Å². The maximum Gasteiger partial charge on any atom is 0.222 e. The van der Waals surface area contributed by atoms with E-state index in [1.54, 1.807) is 0 Å². The van der Waals surface area contributed by atoms with Crippen LogP contribution >= 0.6 is 0 Å². The zero-order valence-corrected chi connectivity index (χ0v) is 18.4. The van der Waals surface area contributed by atoms with Gasteiger partial charge in [0.25, 0.3) is 0 Å². The predicted molar refractivity (Wildman–Crippen MR) is 115 cm³/mol. The van der Waals surface area contributed by atoms with E-state index in [-0.39, 0.29) is 0 Å². The molecule has 1 amide bonds. The smallest absolute Gasteiger partial charge is 0.222 e. The van der Waals surface area contributed by atoms with E-state index in [2.05, 4.69) is 56.1 Å². The molecule has 0 N–H and O–H groups in total. The number of rotatable bonds is 3. The van der Waals surface area contributed by atoms with E-state index in [0.29, 0.717) is 28.9 Å². The molecule has 3 nitrogen and oxygen atoms in total. The molecule has 3 aliphatic carbocycles. The highest BCUT2D eigenvalue weighted by atomic mass is 16.5. The molecule has 3 saturated carbocycles. The van der Waals surface area contributed by atoms with Gasteiger partial charge in [-0.3, -0.25) is 4.79 Å². The van der Waals surface area contributed by atoms with Gasteiger partial charge in [-0.2, -0.15) is 0 Å². The Morgan fingerprint density at radius 1 is 0.966 bits per heavy atom. The van der Waals surface area contributed by atoms with E-state index in [9.17, 15) is 4.79 Å². The molecule has 0 spiro atoms. The van der Waals surface area contributed by atoms with Gasteiger partial charge >= 0.3 is 0 Å². The molecule has 0 bridgehead atoms. The van der Waals surface area contributed by atoms with Crippen molar-refractivity contribution in [3.05, 3.63) is 35.9 Å². The van der Waals surface area contributed by atoms with E-state index in [1.807, 2.05) is 0 Å². The van der Waals surface area contributed by atoms with Crippen LogP contribution in [0.4, 0.5) is 0 Å². The number of likely N-dealkylation sites (tertiary alicyclic amines) is 1. The Kier molecular flexibility index (Phi) is 4.81. The molecule has 0 aromatic heterocycles. The minimum absolute atomic E-state index is 0.315. The minimum Gasteiger partial charge on any atom is -0.373 e. The van der Waals surface area contributed by atoms with Gasteiger partial charge in [-0.05, 0) is 79.1 Å². The van der Waals surface area contributed by atoms with Gasteiger partial charge in [-0.15, -0.1) is 0 Å². The number of carbonyl (C=O) groups is 1. The first-order valence-corrected chi connectivity index (χ1v) is 11.8. The summed E-state index contributed by atoms with van der Waals surface area (Å²) in [7, 11) is 2.06. The third-order valence-electron chi connectivity index (χ3n) is 9.76. The lowest BCUT2D eigenvalue weighted by Gasteiger charge is -2.61. The summed E-state index contributed by atoms with van der Waals surface area (Å²) >= 11 is 0. The highest BCUT2D eigenvalue weighted by molar-refractivity contribution is 5.77. The van der Waals surface area contributed by atoms with E-state index >= 15 is 0 Å². The van der Waals surface area contributed by atoms with Crippen LogP contribution in [0.2, 0.25) is 0 Å². The molecule has 1 saturated heterocycles. The fourth-order valence-corrected chi connectivity index (χ4v) is 8.15. The highest BCUT2D eigenvalue weighted by Gasteiger charge is 2.61. The van der Waals surface area contributed by atoms with E-state index in [1.165, 1.54) is 44.1 Å². The lowest BCUT2D eigenvalue weighted by Crippen LogP contribution is -2.61. The average Bonchev–Trinajstić information content (AvgIpc) is 3.07. The Morgan fingerprint density at radius 2 is 1.72 bits per heavy atom. The number of amides is 1. The Bertz CT molecular complexity index is 763. The SMILES string of the molecule is CN1C(=O)CC[C@@]2(C)C1CC[C@@H]1[C@H]2CC[C@]2(C)C(OCc3ccccc3)CC[C@@H]12. The van der Waals surface area contributed by atoms with Crippen LogP contribution in [0.5, 0.6) is 0 Å². The topological polar surface area (TPSA) is 29.5 Å². The van der Waals surface area contributed by atoms with Crippen LogP contribution in [-0.4, -0.2) is 30.0 Å². The van der Waals surface area contributed by atoms with Crippen molar-refractivity contribution in [3.8, 4) is 0 Å². The molecular formula is C26H37NO2. The maximum atomic E-state index is 12.3. The van der Waals surface area contributed by atoms with Crippen molar-refractivity contribution in [1.29, 1.82) is 0 Å². The fraction of sp³-hybridized carbons (Fsp3) is 0.731. The monoisotopic (exact) mass is 395 g/mol. The standard InChI is InChI=1S/C26H37NO2/c1-25-16-14-24(28)27(3)22(25)11-9-19-20-10-12-23(26(20,2)15-13-21(19)25)29-17-18-7-5-4-6-8-18/h4-8,19-23H,9-17H2,1-3H3/t19-,20-,21+,22?,23?,25+,26-/m0/s1. The summed E-state index contributed by atoms with van der Waals surface area (Å²) in [6.45, 7) is 5.79. The number of piperidine rings is 1. The minimum atomic E-state index is 0.315. The van der Waals surface area contributed by atoms with Crippen molar-refractivity contribution < 1.29 is 9.53 Å². The Balaban J connectivity index is 1.33. The lowest BCUT2D eigenvalue weighted by molar-refractivity contribution is -0.162. The average molecular weight is 396 g/mol. The molecular weight excluding hydrogens is 358 g/mol. The van der Waals surface area contributed by atoms with Crippen LogP contribution in [-0.2, 0) is 16.1 Å². The van der Waals surface area contributed by atoms with Gasteiger partial charge in [0.05, 0.1) is 12.7 Å². The van der Waals surface area contributed by atoms with Gasteiger partial charge in [0.1, 0.15) is 0 Å². The summed E-state index contributed by atoms with van der Waals surface area (Å²) < 4.78 is 6.55. The van der Waals surface area contributed by atoms with Crippen molar-refractivity contribution in [2.75, 3.05) is 7.05 Å². The van der Waals surface area contributed by atoms with Crippen molar-refractivity contribution in [3.63, 3.8) is 0 Å². The molecule has 4 fully saturated rings. The zero-order valence-electron chi connectivity index (χ0n) is 18.4. The van der Waals surface area contributed by atoms with Crippen LogP contribution in [0.1, 0.15) is 70.8 Å². The third kappa shape index (κ3) is 2.99. The molecule has 29 heavy (non-hydrogen) atoms. The fourth-order valence-electron chi connectivity index (χ4n) is 8.15. The molecule has 1 aliphatic heterocycles. The maximum absolute atomic E-state index is 12.3. The Morgan fingerprint density at radius 3 is 2.52 bits per heavy atom. The second-order valence-electron chi connectivity index (χ2n) is 10.9. The first-order chi connectivity index (χ1) is 13.9. The second kappa shape index (κ2) is 7.11. The van der Waals surface area contributed by atoms with Crippen LogP contribution in [0, 0.1) is 28.6 Å². The summed E-state index contributed by atoms with van der Waals surface area (Å²) in [4.78, 5) is 14.4. The van der Waals surface area contributed by atoms with Gasteiger partial charge in [0, 0.05) is 19.5 Å². The molecule has 4 aliphatic rings. The molecule has 1 heterocycles. The molecule has 5 rings (SSSR count). The normalized spacial score (nSPS) is 44.2. The van der Waals surface area contributed by atoms with Crippen molar-refractivity contribution >= 4 is 5.91 Å². The van der Waals surface area contributed by atoms with Crippen LogP contribution in [0.3, 0.4) is 0 Å². The zero-order chi connectivity index (χ0) is 20.2. The van der Waals surface area contributed by atoms with E-state index < -0.39 is 0 Å². The third-order valence-corrected chi connectivity index (χ3v) is 9.76. The Hall–Kier alpha value is -1.35. The number of benzene rings is 1. The van der Waals surface area contributed by atoms with Gasteiger partial charge in [0.2, 0.25) is 5.91 Å². The first kappa shape index (κ1) is 19.6. The molecule has 2 unspecified atom stereocenters. The van der Waals surface area contributed by atoms with E-state index in [0.717, 1.165) is 37.2 Å². The molecule has 158 valence electrons.